The lowest BCUT2D eigenvalue weighted by atomic mass is 9.85. The smallest absolute Gasteiger partial charge is 0.393 e. The van der Waals surface area contributed by atoms with E-state index in [-0.39, 0.29) is 6.42 Å². The Kier molecular flexibility index (Phi) is 38.6. The monoisotopic (exact) mass is 948 g/mol. The summed E-state index contributed by atoms with van der Waals surface area (Å²) in [5.41, 5.74) is 0. The number of phosphoric acid groups is 1. The van der Waals surface area contributed by atoms with E-state index < -0.39 is 75.2 Å². The van der Waals surface area contributed by atoms with Gasteiger partial charge in [-0.1, -0.05) is 205 Å². The van der Waals surface area contributed by atoms with Gasteiger partial charge in [0.15, 0.2) is 0 Å². The Labute approximate surface area is 394 Å². The molecule has 1 saturated carbocycles. The van der Waals surface area contributed by atoms with Crippen molar-refractivity contribution < 1.29 is 59.0 Å². The van der Waals surface area contributed by atoms with Crippen molar-refractivity contribution in [2.24, 2.45) is 0 Å². The van der Waals surface area contributed by atoms with E-state index in [1.807, 2.05) is 0 Å². The minimum absolute atomic E-state index is 0.248. The first-order valence-electron chi connectivity index (χ1n) is 26.4. The van der Waals surface area contributed by atoms with Gasteiger partial charge in [-0.3, -0.25) is 13.8 Å². The fourth-order valence-electron chi connectivity index (χ4n) is 8.47. The number of carbonyl (C=O) groups is 1. The number of hydrogen-bond donors (Lipinski definition) is 9. The van der Waals surface area contributed by atoms with Gasteiger partial charge in [0, 0.05) is 0 Å². The first-order valence-corrected chi connectivity index (χ1v) is 27.9. The number of aliphatic hydroxyl groups is 7. The molecule has 0 aromatic rings. The van der Waals surface area contributed by atoms with Crippen molar-refractivity contribution in [1.29, 1.82) is 0 Å². The van der Waals surface area contributed by atoms with E-state index >= 15 is 0 Å². The van der Waals surface area contributed by atoms with E-state index in [4.69, 9.17) is 9.05 Å². The van der Waals surface area contributed by atoms with Crippen molar-refractivity contribution >= 4 is 13.7 Å². The fraction of sp³-hybridized carbons (Fsp3) is 0.902. The van der Waals surface area contributed by atoms with Crippen molar-refractivity contribution in [1.82, 2.24) is 5.32 Å². The molecule has 1 fully saturated rings. The zero-order chi connectivity index (χ0) is 48.0. The molecule has 0 heterocycles. The third-order valence-corrected chi connectivity index (χ3v) is 13.8. The summed E-state index contributed by atoms with van der Waals surface area (Å²) < 4.78 is 22.9. The van der Waals surface area contributed by atoms with Gasteiger partial charge in [0.1, 0.15) is 36.6 Å². The average molecular weight is 948 g/mol. The second-order valence-electron chi connectivity index (χ2n) is 18.9. The first-order chi connectivity index (χ1) is 31.3. The highest BCUT2D eigenvalue weighted by atomic mass is 31.2. The molecule has 0 aromatic heterocycles. The standard InChI is InChI=1S/C51H98NO12P/c1-3-5-7-9-11-13-15-17-19-21-22-23-24-26-28-30-32-34-36-38-42(53)40-45(55)52-43(41-63-65(61,62)64-51-49(59)47(57)46(56)48(58)50(51)60)44(54)39-37-35-33-31-29-27-25-20-18-16-14-12-10-8-6-4-2/h23-24,37,39,42-44,46-51,53-54,56-60H,3-22,25-36,38,40-41H2,1-2H3,(H,52,55)(H,61,62)/b24-23-,39-37+. The van der Waals surface area contributed by atoms with E-state index in [1.54, 1.807) is 6.08 Å². The van der Waals surface area contributed by atoms with Crippen LogP contribution in [0.4, 0.5) is 0 Å². The lowest BCUT2D eigenvalue weighted by molar-refractivity contribution is -0.220. The molecule has 0 bridgehead atoms. The van der Waals surface area contributed by atoms with Crippen LogP contribution < -0.4 is 5.32 Å². The van der Waals surface area contributed by atoms with Crippen molar-refractivity contribution in [2.45, 2.75) is 287 Å². The number of nitrogens with one attached hydrogen (secondary N) is 1. The maximum Gasteiger partial charge on any atom is 0.472 e. The predicted octanol–water partition coefficient (Wildman–Crippen LogP) is 9.93. The largest absolute Gasteiger partial charge is 0.472 e. The van der Waals surface area contributed by atoms with Crippen LogP contribution in [0.2, 0.25) is 0 Å². The Morgan fingerprint density at radius 1 is 0.538 bits per heavy atom. The van der Waals surface area contributed by atoms with E-state index in [0.29, 0.717) is 12.8 Å². The van der Waals surface area contributed by atoms with Gasteiger partial charge in [0.25, 0.3) is 0 Å². The Morgan fingerprint density at radius 2 is 0.892 bits per heavy atom. The number of aliphatic hydroxyl groups excluding tert-OH is 7. The molecule has 14 heteroatoms. The van der Waals surface area contributed by atoms with Gasteiger partial charge >= 0.3 is 7.82 Å². The van der Waals surface area contributed by atoms with E-state index in [1.165, 1.54) is 141 Å². The zero-order valence-electron chi connectivity index (χ0n) is 40.9. The molecular weight excluding hydrogens is 850 g/mol. The molecule has 1 aliphatic carbocycles. The van der Waals surface area contributed by atoms with Gasteiger partial charge in [-0.05, 0) is 44.9 Å². The lowest BCUT2D eigenvalue weighted by Gasteiger charge is -2.41. The molecule has 1 amide bonds. The third-order valence-electron chi connectivity index (χ3n) is 12.8. The van der Waals surface area contributed by atoms with Crippen LogP contribution in [0.25, 0.3) is 0 Å². The molecule has 9 N–H and O–H groups in total. The summed E-state index contributed by atoms with van der Waals surface area (Å²) in [5.74, 6) is -0.595. The number of unbranched alkanes of at least 4 members (excludes halogenated alkanes) is 29. The number of rotatable bonds is 44. The third kappa shape index (κ3) is 32.3. The maximum atomic E-state index is 13.0. The molecule has 13 nitrogen and oxygen atoms in total. The Bertz CT molecular complexity index is 1210. The summed E-state index contributed by atoms with van der Waals surface area (Å²) in [5, 5.41) is 74.7. The summed E-state index contributed by atoms with van der Waals surface area (Å²) in [6.07, 6.45) is 32.6. The normalized spacial score (nSPS) is 22.7. The summed E-state index contributed by atoms with van der Waals surface area (Å²) in [7, 11) is -5.14. The van der Waals surface area contributed by atoms with Crippen LogP contribution >= 0.6 is 7.82 Å². The molecule has 8 atom stereocenters. The van der Waals surface area contributed by atoms with Crippen LogP contribution in [0.15, 0.2) is 24.3 Å². The van der Waals surface area contributed by atoms with Crippen molar-refractivity contribution in [2.75, 3.05) is 6.61 Å². The van der Waals surface area contributed by atoms with Gasteiger partial charge in [-0.15, -0.1) is 0 Å². The van der Waals surface area contributed by atoms with E-state index in [9.17, 15) is 50.0 Å². The number of amides is 1. The van der Waals surface area contributed by atoms with Crippen LogP contribution in [-0.4, -0.2) is 108 Å². The molecule has 65 heavy (non-hydrogen) atoms. The van der Waals surface area contributed by atoms with Gasteiger partial charge in [-0.2, -0.15) is 0 Å². The van der Waals surface area contributed by atoms with Gasteiger partial charge in [-0.25, -0.2) is 4.57 Å². The lowest BCUT2D eigenvalue weighted by Crippen LogP contribution is -2.64. The maximum absolute atomic E-state index is 13.0. The average Bonchev–Trinajstić information content (AvgIpc) is 3.28. The Hall–Kier alpha value is -1.22. The fourth-order valence-corrected chi connectivity index (χ4v) is 9.44. The molecule has 1 aliphatic rings. The molecule has 384 valence electrons. The quantitative estimate of drug-likeness (QED) is 0.0158. The number of carbonyl (C=O) groups excluding carboxylic acids is 1. The zero-order valence-corrected chi connectivity index (χ0v) is 41.8. The molecule has 8 unspecified atom stereocenters. The number of hydrogen-bond acceptors (Lipinski definition) is 11. The van der Waals surface area contributed by atoms with Crippen molar-refractivity contribution in [3.8, 4) is 0 Å². The molecule has 0 saturated heterocycles. The van der Waals surface area contributed by atoms with E-state index in [0.717, 1.165) is 64.2 Å². The van der Waals surface area contributed by atoms with Gasteiger partial charge in [0.05, 0.1) is 31.3 Å². The molecule has 0 spiro atoms. The number of allylic oxidation sites excluding steroid dienone is 3. The number of phosphoric ester groups is 1. The molecule has 0 aromatic carbocycles. The van der Waals surface area contributed by atoms with Crippen LogP contribution in [0.5, 0.6) is 0 Å². The summed E-state index contributed by atoms with van der Waals surface area (Å²) >= 11 is 0. The van der Waals surface area contributed by atoms with Gasteiger partial charge in [0.2, 0.25) is 5.91 Å². The highest BCUT2D eigenvalue weighted by Crippen LogP contribution is 2.47. The topological polar surface area (TPSA) is 226 Å². The summed E-state index contributed by atoms with van der Waals surface area (Å²) in [6, 6.07) is -1.24. The summed E-state index contributed by atoms with van der Waals surface area (Å²) in [4.78, 5) is 23.5. The van der Waals surface area contributed by atoms with Crippen LogP contribution in [0.1, 0.15) is 232 Å². The minimum atomic E-state index is -5.14. The molecule has 0 radical (unpaired) electrons. The minimum Gasteiger partial charge on any atom is -0.393 e. The second-order valence-corrected chi connectivity index (χ2v) is 20.3. The summed E-state index contributed by atoms with van der Waals surface area (Å²) in [6.45, 7) is 3.76. The van der Waals surface area contributed by atoms with Crippen molar-refractivity contribution in [3.63, 3.8) is 0 Å². The highest BCUT2D eigenvalue weighted by molar-refractivity contribution is 7.47. The highest BCUT2D eigenvalue weighted by Gasteiger charge is 2.51. The Morgan fingerprint density at radius 3 is 1.31 bits per heavy atom. The molecule has 0 aliphatic heterocycles. The van der Waals surface area contributed by atoms with Gasteiger partial charge < -0.3 is 46.0 Å². The molecular formula is C51H98NO12P. The van der Waals surface area contributed by atoms with Crippen LogP contribution in [-0.2, 0) is 18.4 Å². The Balaban J connectivity index is 2.47. The van der Waals surface area contributed by atoms with Crippen LogP contribution in [0.3, 0.4) is 0 Å². The van der Waals surface area contributed by atoms with Crippen molar-refractivity contribution in [3.05, 3.63) is 24.3 Å². The van der Waals surface area contributed by atoms with Crippen LogP contribution in [0, 0.1) is 0 Å². The predicted molar refractivity (Wildman–Crippen MR) is 261 cm³/mol. The second kappa shape index (κ2) is 40.6. The molecule has 1 rings (SSSR count). The first kappa shape index (κ1) is 61.8. The van der Waals surface area contributed by atoms with E-state index in [2.05, 4.69) is 31.3 Å². The SMILES string of the molecule is CCCCCCCCCCCC/C=C\CCCCCCCC(O)CC(=O)NC(COP(=O)(O)OC1C(O)C(O)C(O)C(O)C1O)C(O)/C=C/CCCCCCCCCCCCCCCC.